The molecule has 2 aliphatic heterocycles. The van der Waals surface area contributed by atoms with Crippen LogP contribution in [0.4, 0.5) is 0 Å². The van der Waals surface area contributed by atoms with Crippen molar-refractivity contribution in [3.05, 3.63) is 72.9 Å². The molecule has 0 amide bonds. The van der Waals surface area contributed by atoms with Crippen molar-refractivity contribution < 1.29 is 0 Å². The van der Waals surface area contributed by atoms with Gasteiger partial charge in [0.05, 0.1) is 5.52 Å². The van der Waals surface area contributed by atoms with Crippen LogP contribution in [0.2, 0.25) is 0 Å². The van der Waals surface area contributed by atoms with Crippen LogP contribution in [0.3, 0.4) is 0 Å². The normalized spacial score (nSPS) is 11.5. The standard InChI is InChI=1S/C19H12N4/c1-2-4-13(5-3-1)15-7-6-14-8-9-18-21-19-16(10-11-20-19)22-23(18)17(14)12-15/h1-12H. The zero-order valence-corrected chi connectivity index (χ0v) is 12.2. The van der Waals surface area contributed by atoms with E-state index in [0.29, 0.717) is 5.82 Å². The van der Waals surface area contributed by atoms with Crippen LogP contribution in [-0.4, -0.2) is 19.6 Å². The Morgan fingerprint density at radius 3 is 2.57 bits per heavy atom. The molecular formula is C19H12N4. The van der Waals surface area contributed by atoms with Crippen molar-refractivity contribution in [3.63, 3.8) is 0 Å². The van der Waals surface area contributed by atoms with E-state index in [2.05, 4.69) is 58.5 Å². The van der Waals surface area contributed by atoms with Gasteiger partial charge in [-0.3, -0.25) is 0 Å². The van der Waals surface area contributed by atoms with Gasteiger partial charge in [-0.15, -0.1) is 0 Å². The first-order valence-electron chi connectivity index (χ1n) is 7.48. The summed E-state index contributed by atoms with van der Waals surface area (Å²) in [6.07, 6.45) is 1.74. The fraction of sp³-hybridized carbons (Fsp3) is 0. The highest BCUT2D eigenvalue weighted by Crippen LogP contribution is 2.25. The van der Waals surface area contributed by atoms with Gasteiger partial charge in [0, 0.05) is 11.6 Å². The predicted molar refractivity (Wildman–Crippen MR) is 90.3 cm³/mol. The SMILES string of the molecule is c1ccc(-c2ccc3ccc4nc5nccc-5nn4c3c2)cc1. The Hall–Kier alpha value is -3.27. The minimum atomic E-state index is 0.684. The molecule has 23 heavy (non-hydrogen) atoms. The summed E-state index contributed by atoms with van der Waals surface area (Å²) in [7, 11) is 0. The van der Waals surface area contributed by atoms with Crippen LogP contribution in [0, 0.1) is 0 Å². The summed E-state index contributed by atoms with van der Waals surface area (Å²) in [5.41, 5.74) is 5.00. The lowest BCUT2D eigenvalue weighted by atomic mass is 10.0. The highest BCUT2D eigenvalue weighted by Gasteiger charge is 2.11. The van der Waals surface area contributed by atoms with Crippen LogP contribution in [0.25, 0.3) is 39.2 Å². The minimum Gasteiger partial charge on any atom is -0.235 e. The first kappa shape index (κ1) is 12.3. The van der Waals surface area contributed by atoms with Gasteiger partial charge >= 0.3 is 0 Å². The molecule has 3 heterocycles. The molecule has 108 valence electrons. The Balaban J connectivity index is 1.86. The molecule has 4 nitrogen and oxygen atoms in total. The molecule has 0 N–H and O–H groups in total. The third-order valence-corrected chi connectivity index (χ3v) is 4.08. The molecule has 0 spiro atoms. The number of hydrogen-bond acceptors (Lipinski definition) is 3. The number of rotatable bonds is 1. The second kappa shape index (κ2) is 4.61. The lowest BCUT2D eigenvalue weighted by Gasteiger charge is -2.09. The molecule has 0 saturated heterocycles. The molecule has 0 atom stereocenters. The number of benzene rings is 2. The Labute approximate surface area is 132 Å². The molecule has 4 heteroatoms. The van der Waals surface area contributed by atoms with Crippen molar-refractivity contribution >= 4 is 16.6 Å². The lowest BCUT2D eigenvalue weighted by Crippen LogP contribution is -2.02. The Morgan fingerprint density at radius 2 is 1.65 bits per heavy atom. The van der Waals surface area contributed by atoms with Gasteiger partial charge < -0.3 is 0 Å². The summed E-state index contributed by atoms with van der Waals surface area (Å²) in [6.45, 7) is 0. The molecule has 2 aliphatic rings. The predicted octanol–water partition coefficient (Wildman–Crippen LogP) is 4.05. The van der Waals surface area contributed by atoms with Crippen molar-refractivity contribution in [3.8, 4) is 22.6 Å². The number of aromatic nitrogens is 4. The van der Waals surface area contributed by atoms with Crippen molar-refractivity contribution in [1.29, 1.82) is 0 Å². The van der Waals surface area contributed by atoms with E-state index in [4.69, 9.17) is 5.10 Å². The molecule has 0 bridgehead atoms. The maximum atomic E-state index is 4.69. The first-order chi connectivity index (χ1) is 11.4. The summed E-state index contributed by atoms with van der Waals surface area (Å²) >= 11 is 0. The summed E-state index contributed by atoms with van der Waals surface area (Å²) < 4.78 is 1.89. The van der Waals surface area contributed by atoms with E-state index >= 15 is 0 Å². The number of nitrogens with zero attached hydrogens (tertiary/aromatic N) is 4. The highest BCUT2D eigenvalue weighted by atomic mass is 15.3. The summed E-state index contributed by atoms with van der Waals surface area (Å²) in [4.78, 5) is 8.81. The number of hydrogen-bond donors (Lipinski definition) is 0. The Kier molecular flexibility index (Phi) is 2.46. The second-order valence-electron chi connectivity index (χ2n) is 5.51. The maximum Gasteiger partial charge on any atom is 0.182 e. The molecular weight excluding hydrogens is 284 g/mol. The molecule has 0 radical (unpaired) electrons. The molecule has 0 saturated carbocycles. The van der Waals surface area contributed by atoms with Crippen molar-refractivity contribution in [2.24, 2.45) is 0 Å². The van der Waals surface area contributed by atoms with E-state index in [1.54, 1.807) is 6.20 Å². The van der Waals surface area contributed by atoms with Gasteiger partial charge in [0.2, 0.25) is 0 Å². The van der Waals surface area contributed by atoms with Crippen LogP contribution < -0.4 is 0 Å². The fourth-order valence-corrected chi connectivity index (χ4v) is 2.93. The third kappa shape index (κ3) is 1.89. The molecule has 0 unspecified atom stereocenters. The number of pyridine rings is 1. The van der Waals surface area contributed by atoms with Crippen LogP contribution in [0.5, 0.6) is 0 Å². The molecule has 2 aromatic carbocycles. The van der Waals surface area contributed by atoms with E-state index in [0.717, 1.165) is 22.2 Å². The zero-order valence-electron chi connectivity index (χ0n) is 12.2. The second-order valence-corrected chi connectivity index (χ2v) is 5.51. The van der Waals surface area contributed by atoms with Gasteiger partial charge in [-0.05, 0) is 35.4 Å². The van der Waals surface area contributed by atoms with Crippen LogP contribution in [0.15, 0.2) is 72.9 Å². The smallest absolute Gasteiger partial charge is 0.182 e. The van der Waals surface area contributed by atoms with E-state index in [1.807, 2.05) is 22.7 Å². The van der Waals surface area contributed by atoms with Crippen molar-refractivity contribution in [2.75, 3.05) is 0 Å². The average Bonchev–Trinajstić information content (AvgIpc) is 3.07. The maximum absolute atomic E-state index is 4.69. The van der Waals surface area contributed by atoms with Gasteiger partial charge in [-0.1, -0.05) is 42.5 Å². The Morgan fingerprint density at radius 1 is 0.783 bits per heavy atom. The van der Waals surface area contributed by atoms with Gasteiger partial charge in [-0.25, -0.2) is 14.5 Å². The first-order valence-corrected chi connectivity index (χ1v) is 7.48. The van der Waals surface area contributed by atoms with Gasteiger partial charge in [0.15, 0.2) is 11.5 Å². The summed E-state index contributed by atoms with van der Waals surface area (Å²) in [5, 5.41) is 5.83. The van der Waals surface area contributed by atoms with Crippen LogP contribution >= 0.6 is 0 Å². The summed E-state index contributed by atoms with van der Waals surface area (Å²) in [6, 6.07) is 22.7. The van der Waals surface area contributed by atoms with E-state index < -0.39 is 0 Å². The largest absolute Gasteiger partial charge is 0.235 e. The highest BCUT2D eigenvalue weighted by molar-refractivity contribution is 5.86. The Bertz CT molecular complexity index is 1110. The average molecular weight is 296 g/mol. The molecule has 1 aromatic heterocycles. The molecule has 0 fully saturated rings. The lowest BCUT2D eigenvalue weighted by molar-refractivity contribution is 0.930. The number of fused-ring (bicyclic) bond motifs is 4. The van der Waals surface area contributed by atoms with Crippen molar-refractivity contribution in [1.82, 2.24) is 19.6 Å². The van der Waals surface area contributed by atoms with Crippen LogP contribution in [-0.2, 0) is 0 Å². The quantitative estimate of drug-likeness (QED) is 0.438. The van der Waals surface area contributed by atoms with Gasteiger partial charge in [0.1, 0.15) is 5.69 Å². The summed E-state index contributed by atoms with van der Waals surface area (Å²) in [5.74, 6) is 0.684. The van der Waals surface area contributed by atoms with Gasteiger partial charge in [-0.2, -0.15) is 5.10 Å². The molecule has 5 rings (SSSR count). The fourth-order valence-electron chi connectivity index (χ4n) is 2.93. The topological polar surface area (TPSA) is 43.1 Å². The van der Waals surface area contributed by atoms with Gasteiger partial charge in [0.25, 0.3) is 0 Å². The minimum absolute atomic E-state index is 0.684. The van der Waals surface area contributed by atoms with E-state index in [9.17, 15) is 0 Å². The monoisotopic (exact) mass is 296 g/mol. The zero-order chi connectivity index (χ0) is 15.2. The molecule has 3 aromatic rings. The third-order valence-electron chi connectivity index (χ3n) is 4.08. The van der Waals surface area contributed by atoms with E-state index in [-0.39, 0.29) is 0 Å². The molecule has 0 aliphatic carbocycles. The van der Waals surface area contributed by atoms with E-state index in [1.165, 1.54) is 11.1 Å². The van der Waals surface area contributed by atoms with Crippen molar-refractivity contribution in [2.45, 2.75) is 0 Å². The van der Waals surface area contributed by atoms with Crippen LogP contribution in [0.1, 0.15) is 0 Å².